The van der Waals surface area contributed by atoms with Crippen molar-refractivity contribution in [2.75, 3.05) is 51.0 Å². The highest BCUT2D eigenvalue weighted by Gasteiger charge is 2.37. The molecule has 19 atom stereocenters. The molecule has 0 aliphatic heterocycles. The Kier molecular flexibility index (Phi) is 41.8. The number of carbonyl (C=O) groups is 11. The second kappa shape index (κ2) is 44.6. The van der Waals surface area contributed by atoms with Crippen LogP contribution in [0.3, 0.4) is 0 Å². The van der Waals surface area contributed by atoms with Crippen molar-refractivity contribution in [3.8, 4) is 0 Å². The number of amides is 8. The van der Waals surface area contributed by atoms with Crippen molar-refractivity contribution < 1.29 is 150 Å². The van der Waals surface area contributed by atoms with Crippen molar-refractivity contribution >= 4 is 86.8 Å². The van der Waals surface area contributed by atoms with E-state index in [0.29, 0.717) is 0 Å². The van der Waals surface area contributed by atoms with E-state index in [9.17, 15) is 134 Å². The Labute approximate surface area is 521 Å². The van der Waals surface area contributed by atoms with Gasteiger partial charge in [-0.3, -0.25) is 47.9 Å². The Morgan fingerprint density at radius 2 is 0.611 bits per heavy atom. The summed E-state index contributed by atoms with van der Waals surface area (Å²) in [6, 6.07) is -11.5. The van der Waals surface area contributed by atoms with Crippen molar-refractivity contribution in [3.63, 3.8) is 0 Å². The molecule has 8 amide bonds. The minimum atomic E-state index is -2.17. The Morgan fingerprint density at radius 1 is 0.356 bits per heavy atom. The second-order valence-electron chi connectivity index (χ2n) is 20.5. The summed E-state index contributed by atoms with van der Waals surface area (Å²) in [4.78, 5) is 144. The van der Waals surface area contributed by atoms with E-state index in [1.165, 1.54) is 6.92 Å². The molecule has 520 valence electrons. The molecule has 0 fully saturated rings. The fourth-order valence-corrected chi connectivity index (χ4v) is 9.68. The largest absolute Gasteiger partial charge is 0.481 e. The molecular weight excluding hydrogens is 1260 g/mol. The van der Waals surface area contributed by atoms with Gasteiger partial charge in [0.15, 0.2) is 0 Å². The summed E-state index contributed by atoms with van der Waals surface area (Å²) in [5.41, 5.74) is 5.95. The molecule has 0 aromatic carbocycles. The van der Waals surface area contributed by atoms with Gasteiger partial charge in [-0.25, -0.2) is 4.79 Å². The summed E-state index contributed by atoms with van der Waals surface area (Å²) in [6.07, 6.45) is -32.9. The first kappa shape index (κ1) is 84.2. The van der Waals surface area contributed by atoms with Gasteiger partial charge in [0.05, 0.1) is 50.3 Å². The number of hydrogen-bond donors (Lipinski definition) is 28. The minimum absolute atomic E-state index is 0.118. The van der Waals surface area contributed by atoms with Gasteiger partial charge < -0.3 is 145 Å². The van der Waals surface area contributed by atoms with Gasteiger partial charge in [-0.15, -0.1) is 0 Å². The van der Waals surface area contributed by atoms with E-state index in [1.807, 2.05) is 0 Å². The van der Waals surface area contributed by atoms with Crippen molar-refractivity contribution in [1.29, 1.82) is 0 Å². The van der Waals surface area contributed by atoms with E-state index in [4.69, 9.17) is 21.1 Å². The highest BCUT2D eigenvalue weighted by molar-refractivity contribution is 8.76. The number of nitrogens with one attached hydrogen (secondary N) is 8. The molecule has 29 N–H and O–H groups in total. The minimum Gasteiger partial charge on any atom is -0.481 e. The maximum absolute atomic E-state index is 14.3. The second-order valence-corrected chi connectivity index (χ2v) is 23.0. The number of nitrogens with two attached hydrogens (primary N) is 1. The van der Waals surface area contributed by atoms with Crippen LogP contribution in [0.4, 0.5) is 0 Å². The van der Waals surface area contributed by atoms with Crippen LogP contribution < -0.4 is 48.3 Å². The fourth-order valence-electron chi connectivity index (χ4n) is 7.36. The Morgan fingerprint density at radius 3 is 0.889 bits per heavy atom. The predicted molar refractivity (Wildman–Crippen MR) is 306 cm³/mol. The van der Waals surface area contributed by atoms with Crippen LogP contribution in [0, 0.1) is 0 Å². The van der Waals surface area contributed by atoms with Crippen LogP contribution in [0.25, 0.3) is 0 Å². The average Bonchev–Trinajstić information content (AvgIpc) is 1.53. The first-order valence-corrected chi connectivity index (χ1v) is 30.2. The highest BCUT2D eigenvalue weighted by atomic mass is 33.1. The van der Waals surface area contributed by atoms with Gasteiger partial charge in [0.25, 0.3) is 0 Å². The summed E-state index contributed by atoms with van der Waals surface area (Å²) >= 11 is 0. The predicted octanol–water partition coefficient (Wildman–Crippen LogP) is -13.7. The molecule has 0 aliphatic carbocycles. The topological polar surface area (TPSA) is 694 Å². The smallest absolute Gasteiger partial charge is 0.327 e. The lowest BCUT2D eigenvalue weighted by Gasteiger charge is -2.27. The zero-order valence-electron chi connectivity index (χ0n) is 48.6. The van der Waals surface area contributed by atoms with Crippen LogP contribution in [0.2, 0.25) is 0 Å². The number of rotatable bonds is 49. The third-order valence-electron chi connectivity index (χ3n) is 12.9. The SMILES string of the molecule is CC(O)CSSCC(NC(=O)C(CCC(=O)NCC(O)C(O)C(O)C(O)CO)NC(=O)C(CCC(=O)O)NC(=O)C(CCC(=O)NCC(O)C(O)C(O)C(O)CO)NC(=O)C(CCC(=O)O)NC(=O)C(N)CCC(=O)NCC(O)C(O)C(O)C(O)CO)C(=O)O. The van der Waals surface area contributed by atoms with E-state index < -0.39 is 284 Å². The normalized spacial score (nSPS) is 17.9. The molecule has 90 heavy (non-hydrogen) atoms. The van der Waals surface area contributed by atoms with E-state index >= 15 is 0 Å². The molecule has 41 heteroatoms. The summed E-state index contributed by atoms with van der Waals surface area (Å²) in [5, 5.41) is 203. The quantitative estimate of drug-likeness (QED) is 0.0199. The lowest BCUT2D eigenvalue weighted by atomic mass is 10.0. The Balaban J connectivity index is 7.15. The molecule has 0 aliphatic rings. The summed E-state index contributed by atoms with van der Waals surface area (Å²) in [7, 11) is 1.91. The summed E-state index contributed by atoms with van der Waals surface area (Å²) in [5.74, 6) is -14.9. The zero-order chi connectivity index (χ0) is 69.1. The van der Waals surface area contributed by atoms with E-state index in [0.717, 1.165) is 21.6 Å². The van der Waals surface area contributed by atoms with Crippen molar-refractivity contribution in [3.05, 3.63) is 0 Å². The number of carbonyl (C=O) groups excluding carboxylic acids is 8. The van der Waals surface area contributed by atoms with Crippen LogP contribution in [0.15, 0.2) is 0 Å². The third kappa shape index (κ3) is 33.5. The first-order chi connectivity index (χ1) is 42.0. The average molecular weight is 1350 g/mol. The van der Waals surface area contributed by atoms with Crippen LogP contribution >= 0.6 is 21.6 Å². The van der Waals surface area contributed by atoms with Gasteiger partial charge in [-0.1, -0.05) is 21.6 Å². The zero-order valence-corrected chi connectivity index (χ0v) is 50.2. The number of aliphatic hydroxyl groups is 16. The maximum atomic E-state index is 14.3. The van der Waals surface area contributed by atoms with Gasteiger partial charge in [-0.05, 0) is 39.0 Å². The van der Waals surface area contributed by atoms with Crippen molar-refractivity contribution in [1.82, 2.24) is 42.5 Å². The lowest BCUT2D eigenvalue weighted by molar-refractivity contribution is -0.142. The molecule has 0 spiro atoms. The molecule has 0 heterocycles. The molecule has 0 aromatic rings. The standard InChI is InChI=1S/C49H87N9O30S2/c1-20(62)18-89-90-19-26(49(87)88)58-48(86)23(4-9-35(71)53-14-29(65)40(78)43(81)32(68)17-61)56-47(85)25(6-11-37(74)75)57-45(83)22(3-8-34(70)52-13-28(64)39(77)42(80)31(67)16-60)55-46(84)24(5-10-36(72)73)54-44(82)21(50)2-7-33(69)51-12-27(63)38(76)41(79)30(66)15-59/h20-32,38-43,59-68,76-81H,2-19,50H2,1H3,(H,51,69)(H,52,70)(H,53,71)(H,54,82)(H,55,84)(H,56,85)(H,57,83)(H,58,86)(H,72,73)(H,74,75)(H,87,88). The first-order valence-electron chi connectivity index (χ1n) is 27.7. The maximum Gasteiger partial charge on any atom is 0.327 e. The van der Waals surface area contributed by atoms with Crippen LogP contribution in [-0.4, -0.2) is 329 Å². The van der Waals surface area contributed by atoms with E-state index in [2.05, 4.69) is 42.5 Å². The number of hydrogen-bond acceptors (Lipinski definition) is 30. The number of carboxylic acids is 3. The molecule has 0 bridgehead atoms. The molecular formula is C49H87N9O30S2. The molecule has 0 saturated carbocycles. The van der Waals surface area contributed by atoms with E-state index in [1.54, 1.807) is 0 Å². The summed E-state index contributed by atoms with van der Waals surface area (Å²) in [6.45, 7) is -4.07. The molecule has 0 rings (SSSR count). The number of aliphatic carboxylic acids is 3. The molecule has 0 aromatic heterocycles. The van der Waals surface area contributed by atoms with Crippen LogP contribution in [-0.2, 0) is 52.7 Å². The lowest BCUT2D eigenvalue weighted by Crippen LogP contribution is -2.59. The third-order valence-corrected chi connectivity index (χ3v) is 15.5. The van der Waals surface area contributed by atoms with Crippen LogP contribution in [0.5, 0.6) is 0 Å². The Hall–Kier alpha value is -5.81. The summed E-state index contributed by atoms with van der Waals surface area (Å²) < 4.78 is 0. The van der Waals surface area contributed by atoms with Gasteiger partial charge in [0, 0.05) is 63.2 Å². The van der Waals surface area contributed by atoms with Gasteiger partial charge in [-0.2, -0.15) is 0 Å². The number of aliphatic hydroxyl groups excluding tert-OH is 16. The monoisotopic (exact) mass is 1350 g/mol. The molecule has 0 radical (unpaired) electrons. The molecule has 39 nitrogen and oxygen atoms in total. The molecule has 19 unspecified atom stereocenters. The van der Waals surface area contributed by atoms with Gasteiger partial charge in [0.2, 0.25) is 47.3 Å². The van der Waals surface area contributed by atoms with Crippen molar-refractivity contribution in [2.45, 2.75) is 187 Å². The number of carboxylic acid groups (broad SMARTS) is 3. The fraction of sp³-hybridized carbons (Fsp3) is 0.776. The van der Waals surface area contributed by atoms with E-state index in [-0.39, 0.29) is 11.5 Å². The van der Waals surface area contributed by atoms with Gasteiger partial charge >= 0.3 is 17.9 Å². The van der Waals surface area contributed by atoms with Crippen LogP contribution in [0.1, 0.15) is 71.1 Å². The Bertz CT molecular complexity index is 2270. The van der Waals surface area contributed by atoms with Gasteiger partial charge in [0.1, 0.15) is 85.1 Å². The van der Waals surface area contributed by atoms with Crippen molar-refractivity contribution in [2.24, 2.45) is 5.73 Å². The highest BCUT2D eigenvalue weighted by Crippen LogP contribution is 2.23. The molecule has 0 saturated heterocycles.